The second-order valence-electron chi connectivity index (χ2n) is 7.73. The molecule has 7 nitrogen and oxygen atoms in total. The molecule has 0 radical (unpaired) electrons. The fourth-order valence-corrected chi connectivity index (χ4v) is 3.44. The van der Waals surface area contributed by atoms with E-state index in [-0.39, 0.29) is 18.1 Å². The van der Waals surface area contributed by atoms with Crippen molar-refractivity contribution in [3.8, 4) is 0 Å². The van der Waals surface area contributed by atoms with Gasteiger partial charge in [0.1, 0.15) is 0 Å². The molecule has 1 aromatic carbocycles. The van der Waals surface area contributed by atoms with Crippen LogP contribution < -0.4 is 5.32 Å². The molecule has 0 saturated carbocycles. The Labute approximate surface area is 185 Å². The number of piperidine rings is 1. The number of benzene rings is 1. The lowest BCUT2D eigenvalue weighted by molar-refractivity contribution is 0.0493. The fourth-order valence-electron chi connectivity index (χ4n) is 3.44. The molecule has 2 aromatic rings. The van der Waals surface area contributed by atoms with Gasteiger partial charge in [-0.1, -0.05) is 37.5 Å². The van der Waals surface area contributed by atoms with Crippen LogP contribution in [0.2, 0.25) is 0 Å². The summed E-state index contributed by atoms with van der Waals surface area (Å²) in [6, 6.07) is 7.98. The van der Waals surface area contributed by atoms with Gasteiger partial charge in [0.05, 0.1) is 13.2 Å². The zero-order valence-electron chi connectivity index (χ0n) is 18.1. The first-order valence-corrected chi connectivity index (χ1v) is 10.8. The maximum atomic E-state index is 12.5. The number of carbonyl (C=O) groups excluding carboxylic acids is 1. The number of aromatic nitrogens is 3. The van der Waals surface area contributed by atoms with E-state index in [0.29, 0.717) is 19.0 Å². The van der Waals surface area contributed by atoms with Crippen LogP contribution in [0.5, 0.6) is 0 Å². The van der Waals surface area contributed by atoms with Crippen molar-refractivity contribution in [3.63, 3.8) is 0 Å². The van der Waals surface area contributed by atoms with Crippen LogP contribution in [0.1, 0.15) is 61.5 Å². The molecule has 0 unspecified atom stereocenters. The number of carbonyl (C=O) groups is 1. The SMILES string of the molecule is CCCCOC(=O)c1nn(CCCN2CCCCC2)nc1Nc1ccc(C)cc1.Cl. The van der Waals surface area contributed by atoms with Gasteiger partial charge in [0.15, 0.2) is 5.82 Å². The van der Waals surface area contributed by atoms with Crippen LogP contribution in [0, 0.1) is 6.92 Å². The van der Waals surface area contributed by atoms with Crippen molar-refractivity contribution in [1.82, 2.24) is 19.9 Å². The van der Waals surface area contributed by atoms with Crippen molar-refractivity contribution in [2.24, 2.45) is 0 Å². The molecule has 166 valence electrons. The Balaban J connectivity index is 0.00000320. The minimum absolute atomic E-state index is 0. The summed E-state index contributed by atoms with van der Waals surface area (Å²) in [5.41, 5.74) is 2.30. The van der Waals surface area contributed by atoms with Crippen LogP contribution in [-0.2, 0) is 11.3 Å². The third kappa shape index (κ3) is 7.29. The second kappa shape index (κ2) is 12.5. The summed E-state index contributed by atoms with van der Waals surface area (Å²) in [4.78, 5) is 16.7. The predicted molar refractivity (Wildman–Crippen MR) is 122 cm³/mol. The first-order chi connectivity index (χ1) is 14.2. The molecule has 1 saturated heterocycles. The second-order valence-corrected chi connectivity index (χ2v) is 7.73. The van der Waals surface area contributed by atoms with E-state index in [0.717, 1.165) is 31.5 Å². The van der Waals surface area contributed by atoms with Gasteiger partial charge in [0.25, 0.3) is 0 Å². The largest absolute Gasteiger partial charge is 0.461 e. The number of nitrogens with one attached hydrogen (secondary N) is 1. The van der Waals surface area contributed by atoms with Crippen LogP contribution in [0.4, 0.5) is 11.5 Å². The molecule has 0 bridgehead atoms. The van der Waals surface area contributed by atoms with Crippen LogP contribution >= 0.6 is 12.4 Å². The van der Waals surface area contributed by atoms with E-state index in [2.05, 4.69) is 27.3 Å². The zero-order valence-corrected chi connectivity index (χ0v) is 18.9. The molecule has 0 amide bonds. The first kappa shape index (κ1) is 24.2. The van der Waals surface area contributed by atoms with E-state index in [1.807, 2.05) is 31.2 Å². The van der Waals surface area contributed by atoms with Gasteiger partial charge in [-0.15, -0.1) is 22.6 Å². The van der Waals surface area contributed by atoms with E-state index in [4.69, 9.17) is 4.74 Å². The monoisotopic (exact) mass is 435 g/mol. The Morgan fingerprint density at radius 3 is 2.50 bits per heavy atom. The Kier molecular flexibility index (Phi) is 10.1. The first-order valence-electron chi connectivity index (χ1n) is 10.8. The number of rotatable bonds is 10. The molecule has 1 fully saturated rings. The molecular formula is C22H34ClN5O2. The van der Waals surface area contributed by atoms with Gasteiger partial charge in [0, 0.05) is 5.69 Å². The number of ether oxygens (including phenoxy) is 1. The van der Waals surface area contributed by atoms with Gasteiger partial charge >= 0.3 is 5.97 Å². The molecule has 0 spiro atoms. The molecule has 1 aliphatic heterocycles. The van der Waals surface area contributed by atoms with Crippen LogP contribution in [0.25, 0.3) is 0 Å². The lowest BCUT2D eigenvalue weighted by Crippen LogP contribution is -2.31. The van der Waals surface area contributed by atoms with Gasteiger partial charge in [-0.3, -0.25) is 0 Å². The third-order valence-electron chi connectivity index (χ3n) is 5.18. The van der Waals surface area contributed by atoms with Gasteiger partial charge in [-0.2, -0.15) is 4.80 Å². The Morgan fingerprint density at radius 2 is 1.80 bits per heavy atom. The molecule has 0 atom stereocenters. The number of likely N-dealkylation sites (tertiary alicyclic amines) is 1. The van der Waals surface area contributed by atoms with Crippen molar-refractivity contribution in [2.45, 2.75) is 58.9 Å². The van der Waals surface area contributed by atoms with E-state index in [9.17, 15) is 4.79 Å². The molecule has 0 aliphatic carbocycles. The summed E-state index contributed by atoms with van der Waals surface area (Å²) in [5.74, 6) is 0.0312. The minimum Gasteiger partial charge on any atom is -0.461 e. The van der Waals surface area contributed by atoms with Gasteiger partial charge in [0.2, 0.25) is 5.69 Å². The molecule has 1 aromatic heterocycles. The number of hydrogen-bond acceptors (Lipinski definition) is 6. The molecule has 1 N–H and O–H groups in total. The standard InChI is InChI=1S/C22H33N5O2.ClH/c1-3-4-17-29-22(28)20-21(23-19-11-9-18(2)10-12-19)25-27(24-20)16-8-15-26-13-6-5-7-14-26;/h9-12H,3-8,13-17H2,1-2H3,(H,23,25);1H. The molecular weight excluding hydrogens is 402 g/mol. The van der Waals surface area contributed by atoms with Crippen molar-refractivity contribution < 1.29 is 9.53 Å². The summed E-state index contributed by atoms with van der Waals surface area (Å²) in [6.07, 6.45) is 6.70. The lowest BCUT2D eigenvalue weighted by atomic mass is 10.1. The number of unbranched alkanes of at least 4 members (excludes halogenated alkanes) is 1. The molecule has 3 rings (SSSR count). The Morgan fingerprint density at radius 1 is 1.07 bits per heavy atom. The Bertz CT molecular complexity index is 772. The highest BCUT2D eigenvalue weighted by atomic mass is 35.5. The summed E-state index contributed by atoms with van der Waals surface area (Å²) >= 11 is 0. The summed E-state index contributed by atoms with van der Waals surface area (Å²) in [5, 5.41) is 12.2. The van der Waals surface area contributed by atoms with Crippen molar-refractivity contribution in [1.29, 1.82) is 0 Å². The smallest absolute Gasteiger partial charge is 0.362 e. The number of halogens is 1. The molecule has 1 aliphatic rings. The maximum Gasteiger partial charge on any atom is 0.362 e. The Hall–Kier alpha value is -2.12. The summed E-state index contributed by atoms with van der Waals surface area (Å²) in [6.45, 7) is 8.60. The number of hydrogen-bond donors (Lipinski definition) is 1. The van der Waals surface area contributed by atoms with Crippen molar-refractivity contribution >= 4 is 29.9 Å². The van der Waals surface area contributed by atoms with Crippen LogP contribution in [0.3, 0.4) is 0 Å². The average molecular weight is 436 g/mol. The van der Waals surface area contributed by atoms with Gasteiger partial charge < -0.3 is 15.0 Å². The summed E-state index contributed by atoms with van der Waals surface area (Å²) < 4.78 is 5.38. The van der Waals surface area contributed by atoms with Crippen molar-refractivity contribution in [2.75, 3.05) is 31.6 Å². The molecule has 2 heterocycles. The molecule has 30 heavy (non-hydrogen) atoms. The third-order valence-corrected chi connectivity index (χ3v) is 5.18. The normalized spacial score (nSPS) is 14.2. The van der Waals surface area contributed by atoms with Crippen molar-refractivity contribution in [3.05, 3.63) is 35.5 Å². The highest BCUT2D eigenvalue weighted by molar-refractivity contribution is 5.93. The van der Waals surface area contributed by atoms with E-state index in [1.165, 1.54) is 37.9 Å². The van der Waals surface area contributed by atoms with E-state index < -0.39 is 5.97 Å². The number of esters is 1. The van der Waals surface area contributed by atoms with E-state index >= 15 is 0 Å². The summed E-state index contributed by atoms with van der Waals surface area (Å²) in [7, 11) is 0. The minimum atomic E-state index is -0.421. The number of nitrogens with zero attached hydrogens (tertiary/aromatic N) is 4. The predicted octanol–water partition coefficient (Wildman–Crippen LogP) is 4.58. The fraction of sp³-hybridized carbons (Fsp3) is 0.591. The van der Waals surface area contributed by atoms with Gasteiger partial charge in [-0.05, 0) is 64.4 Å². The highest BCUT2D eigenvalue weighted by Gasteiger charge is 2.21. The number of anilines is 2. The highest BCUT2D eigenvalue weighted by Crippen LogP contribution is 2.19. The lowest BCUT2D eigenvalue weighted by Gasteiger charge is -2.26. The van der Waals surface area contributed by atoms with Crippen LogP contribution in [0.15, 0.2) is 24.3 Å². The molecule has 8 heteroatoms. The zero-order chi connectivity index (χ0) is 20.5. The van der Waals surface area contributed by atoms with Crippen LogP contribution in [-0.4, -0.2) is 52.1 Å². The van der Waals surface area contributed by atoms with E-state index in [1.54, 1.807) is 4.80 Å². The maximum absolute atomic E-state index is 12.5. The quantitative estimate of drug-likeness (QED) is 0.434. The number of aryl methyl sites for hydroxylation is 2. The van der Waals surface area contributed by atoms with Gasteiger partial charge in [-0.25, -0.2) is 4.79 Å². The average Bonchev–Trinajstić information content (AvgIpc) is 3.13. The topological polar surface area (TPSA) is 72.3 Å².